The van der Waals surface area contributed by atoms with E-state index in [2.05, 4.69) is 34.3 Å². The van der Waals surface area contributed by atoms with Crippen LogP contribution in [-0.4, -0.2) is 87.1 Å². The summed E-state index contributed by atoms with van der Waals surface area (Å²) in [5.41, 5.74) is 1.25. The van der Waals surface area contributed by atoms with Crippen molar-refractivity contribution in [1.29, 1.82) is 0 Å². The zero-order chi connectivity index (χ0) is 21.1. The van der Waals surface area contributed by atoms with E-state index >= 15 is 0 Å². The number of carbonyl (C=O) groups excluding carboxylic acids is 1. The number of likely N-dealkylation sites (N-methyl/N-ethyl adjacent to an activating group) is 1. The Hall–Kier alpha value is -2.71. The number of anilines is 2. The first-order valence-electron chi connectivity index (χ1n) is 10.6. The molecule has 1 atom stereocenters. The van der Waals surface area contributed by atoms with E-state index in [1.165, 1.54) is 5.56 Å². The van der Waals surface area contributed by atoms with E-state index in [0.29, 0.717) is 44.1 Å². The number of nitrogens with one attached hydrogen (secondary N) is 1. The molecule has 1 amide bonds. The fourth-order valence-corrected chi connectivity index (χ4v) is 4.36. The molecule has 8 heteroatoms. The molecule has 0 bridgehead atoms. The van der Waals surface area contributed by atoms with Crippen molar-refractivity contribution in [1.82, 2.24) is 14.7 Å². The van der Waals surface area contributed by atoms with E-state index in [0.717, 1.165) is 32.6 Å². The zero-order valence-corrected chi connectivity index (χ0v) is 17.4. The minimum atomic E-state index is -0.437. The maximum Gasteiger partial charge on any atom is 0.253 e. The van der Waals surface area contributed by atoms with Crippen LogP contribution in [0.1, 0.15) is 11.6 Å². The van der Waals surface area contributed by atoms with Gasteiger partial charge in [-0.15, -0.1) is 0 Å². The molecule has 160 valence electrons. The summed E-state index contributed by atoms with van der Waals surface area (Å²) in [4.78, 5) is 43.9. The summed E-state index contributed by atoms with van der Waals surface area (Å²) >= 11 is 0. The van der Waals surface area contributed by atoms with Crippen molar-refractivity contribution in [2.45, 2.75) is 6.04 Å². The van der Waals surface area contributed by atoms with Crippen molar-refractivity contribution in [3.63, 3.8) is 0 Å². The third-order valence-corrected chi connectivity index (χ3v) is 6.30. The summed E-state index contributed by atoms with van der Waals surface area (Å²) in [5, 5.41) is 3.31. The van der Waals surface area contributed by atoms with Gasteiger partial charge in [0.25, 0.3) is 10.9 Å². The lowest BCUT2D eigenvalue weighted by Crippen LogP contribution is -2.51. The van der Waals surface area contributed by atoms with Crippen molar-refractivity contribution in [2.75, 3.05) is 76.2 Å². The number of hydrogen-bond acceptors (Lipinski definition) is 7. The zero-order valence-electron chi connectivity index (χ0n) is 17.4. The third-order valence-electron chi connectivity index (χ3n) is 6.30. The second-order valence-corrected chi connectivity index (χ2v) is 8.16. The van der Waals surface area contributed by atoms with Crippen LogP contribution in [-0.2, 0) is 4.79 Å². The van der Waals surface area contributed by atoms with E-state index in [1.54, 1.807) is 4.90 Å². The molecule has 2 aliphatic rings. The lowest BCUT2D eigenvalue weighted by atomic mass is 10.0. The van der Waals surface area contributed by atoms with Crippen LogP contribution in [0, 0.1) is 0 Å². The van der Waals surface area contributed by atoms with Gasteiger partial charge >= 0.3 is 0 Å². The van der Waals surface area contributed by atoms with Crippen LogP contribution < -0.4 is 21.1 Å². The number of rotatable bonds is 7. The first kappa shape index (κ1) is 20.6. The number of nitrogens with zero attached hydrogens (tertiary/aromatic N) is 4. The second kappa shape index (κ2) is 8.97. The Kier molecular flexibility index (Phi) is 6.15. The first-order chi connectivity index (χ1) is 14.6. The number of amides is 1. The molecule has 0 saturated carbocycles. The smallest absolute Gasteiger partial charge is 0.253 e. The van der Waals surface area contributed by atoms with Gasteiger partial charge in [-0.2, -0.15) is 0 Å². The summed E-state index contributed by atoms with van der Waals surface area (Å²) in [6.45, 7) is 6.78. The van der Waals surface area contributed by atoms with Crippen LogP contribution in [0.5, 0.6) is 0 Å². The second-order valence-electron chi connectivity index (χ2n) is 8.16. The summed E-state index contributed by atoms with van der Waals surface area (Å²) < 4.78 is 0. The summed E-state index contributed by atoms with van der Waals surface area (Å²) in [6, 6.07) is 10.4. The summed E-state index contributed by atoms with van der Waals surface area (Å²) in [7, 11) is 2.13. The lowest BCUT2D eigenvalue weighted by molar-refractivity contribution is -0.118. The molecule has 2 aliphatic heterocycles. The van der Waals surface area contributed by atoms with Gasteiger partial charge in [-0.05, 0) is 12.6 Å². The van der Waals surface area contributed by atoms with E-state index in [4.69, 9.17) is 0 Å². The molecule has 30 heavy (non-hydrogen) atoms. The molecule has 0 radical (unpaired) electrons. The molecule has 0 aromatic heterocycles. The molecule has 1 N–H and O–H groups in total. The largest absolute Gasteiger partial charge is 0.378 e. The van der Waals surface area contributed by atoms with E-state index < -0.39 is 10.9 Å². The van der Waals surface area contributed by atoms with Gasteiger partial charge in [0.1, 0.15) is 11.4 Å². The summed E-state index contributed by atoms with van der Waals surface area (Å²) in [5.74, 6) is 0. The summed E-state index contributed by atoms with van der Waals surface area (Å²) in [6.07, 6.45) is 0.832. The monoisotopic (exact) mass is 411 g/mol. The SMILES string of the molecule is CN1CCN([C@@H](CNc2c(N3CCN(C=O)CC3)c(=O)c2=O)c2ccccc2)CC1. The van der Waals surface area contributed by atoms with Crippen molar-refractivity contribution in [3.05, 3.63) is 56.3 Å². The standard InChI is InChI=1S/C22H29N5O3/c1-24-7-11-26(12-8-24)18(17-5-3-2-4-6-17)15-23-19-20(22(30)21(19)29)27-13-9-25(16-28)10-14-27/h2-6,16,18,23H,7-15H2,1H3/t18-/m0/s1. The predicted molar refractivity (Wildman–Crippen MR) is 118 cm³/mol. The Bertz CT molecular complexity index is 924. The molecule has 2 heterocycles. The highest BCUT2D eigenvalue weighted by molar-refractivity contribution is 5.75. The highest BCUT2D eigenvalue weighted by Crippen LogP contribution is 2.26. The molecular formula is C22H29N5O3. The molecule has 2 saturated heterocycles. The molecule has 0 spiro atoms. The average Bonchev–Trinajstić information content (AvgIpc) is 2.80. The van der Waals surface area contributed by atoms with Gasteiger partial charge in [-0.25, -0.2) is 0 Å². The number of hydrogen-bond donors (Lipinski definition) is 1. The van der Waals surface area contributed by atoms with Crippen LogP contribution >= 0.6 is 0 Å². The number of benzene rings is 1. The van der Waals surface area contributed by atoms with Crippen molar-refractivity contribution in [2.24, 2.45) is 0 Å². The van der Waals surface area contributed by atoms with Crippen LogP contribution in [0.2, 0.25) is 0 Å². The average molecular weight is 412 g/mol. The third kappa shape index (κ3) is 4.11. The fraction of sp³-hybridized carbons (Fsp3) is 0.500. The van der Waals surface area contributed by atoms with Crippen molar-refractivity contribution in [3.8, 4) is 0 Å². The maximum absolute atomic E-state index is 12.3. The van der Waals surface area contributed by atoms with Gasteiger partial charge in [0, 0.05) is 58.9 Å². The lowest BCUT2D eigenvalue weighted by Gasteiger charge is -2.39. The Labute approximate surface area is 176 Å². The van der Waals surface area contributed by atoms with E-state index in [9.17, 15) is 14.4 Å². The molecule has 0 unspecified atom stereocenters. The normalized spacial score (nSPS) is 19.8. The molecule has 2 aromatic rings. The van der Waals surface area contributed by atoms with Gasteiger partial charge in [0.2, 0.25) is 6.41 Å². The molecular weight excluding hydrogens is 382 g/mol. The van der Waals surface area contributed by atoms with Crippen molar-refractivity contribution >= 4 is 17.8 Å². The van der Waals surface area contributed by atoms with Crippen LogP contribution in [0.3, 0.4) is 0 Å². The molecule has 8 nitrogen and oxygen atoms in total. The van der Waals surface area contributed by atoms with E-state index in [1.807, 2.05) is 23.1 Å². The first-order valence-corrected chi connectivity index (χ1v) is 10.6. The maximum atomic E-state index is 12.3. The van der Waals surface area contributed by atoms with Gasteiger partial charge in [-0.3, -0.25) is 19.3 Å². The van der Waals surface area contributed by atoms with Gasteiger partial charge in [0.05, 0.1) is 6.04 Å². The Morgan fingerprint density at radius 1 is 0.933 bits per heavy atom. The highest BCUT2D eigenvalue weighted by Gasteiger charge is 2.30. The minimum Gasteiger partial charge on any atom is -0.378 e. The number of carbonyl (C=O) groups is 1. The predicted octanol–water partition coefficient (Wildman–Crippen LogP) is -0.0384. The molecule has 0 aliphatic carbocycles. The van der Waals surface area contributed by atoms with Crippen molar-refractivity contribution < 1.29 is 4.79 Å². The Morgan fingerprint density at radius 2 is 1.60 bits per heavy atom. The topological polar surface area (TPSA) is 76.2 Å². The molecule has 2 fully saturated rings. The Balaban J connectivity index is 1.49. The molecule has 2 aromatic carbocycles. The van der Waals surface area contributed by atoms with Gasteiger partial charge in [0.15, 0.2) is 0 Å². The van der Waals surface area contributed by atoms with Gasteiger partial charge in [-0.1, -0.05) is 30.3 Å². The van der Waals surface area contributed by atoms with E-state index in [-0.39, 0.29) is 6.04 Å². The highest BCUT2D eigenvalue weighted by atomic mass is 16.2. The van der Waals surface area contributed by atoms with Crippen LogP contribution in [0.15, 0.2) is 39.9 Å². The minimum absolute atomic E-state index is 0.129. The Morgan fingerprint density at radius 3 is 2.23 bits per heavy atom. The quantitative estimate of drug-likeness (QED) is 0.506. The molecule has 4 rings (SSSR count). The van der Waals surface area contributed by atoms with Gasteiger partial charge < -0.3 is 20.0 Å². The fourth-order valence-electron chi connectivity index (χ4n) is 4.36. The number of piperazine rings is 2. The van der Waals surface area contributed by atoms with Crippen LogP contribution in [0.4, 0.5) is 11.4 Å². The van der Waals surface area contributed by atoms with Crippen LogP contribution in [0.25, 0.3) is 0 Å².